The fourth-order valence-electron chi connectivity index (χ4n) is 9.39. The molecule has 0 unspecified atom stereocenters. The molecule has 4 aromatic rings. The van der Waals surface area contributed by atoms with E-state index in [0.717, 1.165) is 27.3 Å². The average molecular weight is 678 g/mol. The van der Waals surface area contributed by atoms with Crippen LogP contribution in [0, 0.1) is 36.5 Å². The minimum Gasteiger partial charge on any atom is -0.508 e. The summed E-state index contributed by atoms with van der Waals surface area (Å²) < 4.78 is 6.19. The molecule has 9 heteroatoms. The zero-order valence-electron chi connectivity index (χ0n) is 27.9. The number of hydrazine groups is 1. The van der Waals surface area contributed by atoms with E-state index in [1.54, 1.807) is 48.7 Å². The Bertz CT molecular complexity index is 2180. The van der Waals surface area contributed by atoms with Gasteiger partial charge in [-0.3, -0.25) is 29.5 Å². The molecular formula is C42H35N3O6. The van der Waals surface area contributed by atoms with Crippen LogP contribution in [0.15, 0.2) is 127 Å². The van der Waals surface area contributed by atoms with E-state index in [4.69, 9.17) is 4.74 Å². The van der Waals surface area contributed by atoms with Crippen LogP contribution in [0.2, 0.25) is 0 Å². The van der Waals surface area contributed by atoms with Crippen molar-refractivity contribution >= 4 is 35.0 Å². The molecule has 6 atom stereocenters. The van der Waals surface area contributed by atoms with Gasteiger partial charge < -0.3 is 9.84 Å². The lowest BCUT2D eigenvalue weighted by Crippen LogP contribution is -2.55. The van der Waals surface area contributed by atoms with Crippen molar-refractivity contribution in [1.82, 2.24) is 5.01 Å². The third-order valence-corrected chi connectivity index (χ3v) is 11.6. The van der Waals surface area contributed by atoms with Gasteiger partial charge in [0.25, 0.3) is 11.8 Å². The number of phenols is 1. The number of nitrogens with one attached hydrogen (secondary N) is 1. The molecule has 0 bridgehead atoms. The summed E-state index contributed by atoms with van der Waals surface area (Å²) in [6.07, 6.45) is 4.61. The quantitative estimate of drug-likeness (QED) is 0.190. The lowest BCUT2D eigenvalue weighted by atomic mass is 9.48. The van der Waals surface area contributed by atoms with Gasteiger partial charge in [0.05, 0.1) is 40.8 Å². The summed E-state index contributed by atoms with van der Waals surface area (Å²) in [6, 6.07) is 30.8. The highest BCUT2D eigenvalue weighted by Crippen LogP contribution is 2.63. The van der Waals surface area contributed by atoms with E-state index in [0.29, 0.717) is 35.5 Å². The average Bonchev–Trinajstić information content (AvgIpc) is 3.53. The van der Waals surface area contributed by atoms with Gasteiger partial charge in [0, 0.05) is 17.9 Å². The number of carbonyl (C=O) groups excluding carboxylic acids is 4. The van der Waals surface area contributed by atoms with Crippen molar-refractivity contribution in [2.75, 3.05) is 10.3 Å². The number of carbonyl (C=O) groups is 4. The molecule has 3 heterocycles. The number of nitrogens with zero attached hydrogens (tertiary/aromatic N) is 2. The maximum atomic E-state index is 15.3. The molecule has 0 aromatic heterocycles. The van der Waals surface area contributed by atoms with Crippen molar-refractivity contribution in [2.45, 2.75) is 31.6 Å². The van der Waals surface area contributed by atoms with E-state index in [1.807, 2.05) is 73.7 Å². The highest BCUT2D eigenvalue weighted by Gasteiger charge is 2.70. The molecule has 4 aromatic carbocycles. The van der Waals surface area contributed by atoms with Gasteiger partial charge in [-0.05, 0) is 79.3 Å². The molecule has 9 rings (SSSR count). The van der Waals surface area contributed by atoms with Gasteiger partial charge >= 0.3 is 0 Å². The van der Waals surface area contributed by atoms with E-state index >= 15 is 4.79 Å². The SMILES string of the molecule is Cc1ccc(NN2C(=O)[C@@H]3C[C@@H]4C(=CC[C@@H]5C(=O)N(c6ccccc6)C(=O)[C@@H]54)[C@H](C4=COc5ccc(O)cc5C4)[C@]3(c3ccccc3)C2=O)cc1. The summed E-state index contributed by atoms with van der Waals surface area (Å²) in [5, 5.41) is 11.6. The van der Waals surface area contributed by atoms with Gasteiger partial charge in [0.15, 0.2) is 0 Å². The summed E-state index contributed by atoms with van der Waals surface area (Å²) in [4.78, 5) is 59.9. The predicted octanol–water partition coefficient (Wildman–Crippen LogP) is 6.24. The molecule has 2 N–H and O–H groups in total. The summed E-state index contributed by atoms with van der Waals surface area (Å²) >= 11 is 0. The van der Waals surface area contributed by atoms with Crippen molar-refractivity contribution in [3.05, 3.63) is 143 Å². The third kappa shape index (κ3) is 4.53. The lowest BCUT2D eigenvalue weighted by molar-refractivity contribution is -0.139. The number of ether oxygens (including phenoxy) is 1. The first-order chi connectivity index (χ1) is 24.8. The number of hydrogen-bond acceptors (Lipinski definition) is 7. The second-order valence-electron chi connectivity index (χ2n) is 14.2. The Morgan fingerprint density at radius 3 is 2.29 bits per heavy atom. The van der Waals surface area contributed by atoms with Crippen LogP contribution in [-0.4, -0.2) is 33.7 Å². The molecule has 9 nitrogen and oxygen atoms in total. The molecule has 1 saturated carbocycles. The number of phenolic OH excluding ortho intramolecular Hbond substituents is 1. The summed E-state index contributed by atoms with van der Waals surface area (Å²) in [7, 11) is 0. The van der Waals surface area contributed by atoms with Crippen LogP contribution in [0.25, 0.3) is 0 Å². The molecule has 254 valence electrons. The predicted molar refractivity (Wildman–Crippen MR) is 189 cm³/mol. The van der Waals surface area contributed by atoms with E-state index in [1.165, 1.54) is 4.90 Å². The first-order valence-electron chi connectivity index (χ1n) is 17.3. The molecule has 0 spiro atoms. The molecule has 5 aliphatic rings. The largest absolute Gasteiger partial charge is 0.508 e. The van der Waals surface area contributed by atoms with Crippen LogP contribution < -0.4 is 15.1 Å². The third-order valence-electron chi connectivity index (χ3n) is 11.6. The Balaban J connectivity index is 1.23. The van der Waals surface area contributed by atoms with E-state index in [2.05, 4.69) is 5.43 Å². The second-order valence-corrected chi connectivity index (χ2v) is 14.2. The number of aryl methyl sites for hydroxylation is 1. The van der Waals surface area contributed by atoms with E-state index in [9.17, 15) is 19.5 Å². The van der Waals surface area contributed by atoms with Crippen molar-refractivity contribution in [1.29, 1.82) is 0 Å². The number of allylic oxidation sites excluding steroid dienone is 3. The molecule has 2 aliphatic carbocycles. The van der Waals surface area contributed by atoms with Gasteiger partial charge in [-0.2, -0.15) is 5.01 Å². The Hall–Kier alpha value is -5.96. The molecule has 0 radical (unpaired) electrons. The Kier molecular flexibility index (Phi) is 7.03. The number of hydrogen-bond donors (Lipinski definition) is 2. The fraction of sp³-hybridized carbons (Fsp3) is 0.238. The monoisotopic (exact) mass is 677 g/mol. The lowest BCUT2D eigenvalue weighted by Gasteiger charge is -2.51. The molecule has 51 heavy (non-hydrogen) atoms. The van der Waals surface area contributed by atoms with Gasteiger partial charge in [0.2, 0.25) is 11.8 Å². The topological polar surface area (TPSA) is 116 Å². The summed E-state index contributed by atoms with van der Waals surface area (Å²) in [5.74, 6) is -3.93. The van der Waals surface area contributed by atoms with Gasteiger partial charge in [-0.15, -0.1) is 0 Å². The molecule has 2 saturated heterocycles. The van der Waals surface area contributed by atoms with Gasteiger partial charge in [-0.1, -0.05) is 77.9 Å². The van der Waals surface area contributed by atoms with Crippen LogP contribution in [0.3, 0.4) is 0 Å². The van der Waals surface area contributed by atoms with Crippen LogP contribution in [0.5, 0.6) is 11.5 Å². The van der Waals surface area contributed by atoms with Crippen LogP contribution in [0.4, 0.5) is 11.4 Å². The maximum Gasteiger partial charge on any atom is 0.260 e. The highest BCUT2D eigenvalue weighted by atomic mass is 16.5. The minimum atomic E-state index is -1.39. The Morgan fingerprint density at radius 2 is 1.55 bits per heavy atom. The fourth-order valence-corrected chi connectivity index (χ4v) is 9.39. The number of imide groups is 2. The Labute approximate surface area is 294 Å². The van der Waals surface area contributed by atoms with E-state index < -0.39 is 40.9 Å². The zero-order chi connectivity index (χ0) is 35.0. The number of para-hydroxylation sites is 1. The van der Waals surface area contributed by atoms with Crippen molar-refractivity contribution in [3.63, 3.8) is 0 Å². The normalized spacial score (nSPS) is 27.9. The molecule has 3 fully saturated rings. The summed E-state index contributed by atoms with van der Waals surface area (Å²) in [6.45, 7) is 1.97. The van der Waals surface area contributed by atoms with E-state index in [-0.39, 0.29) is 29.9 Å². The van der Waals surface area contributed by atoms with Crippen LogP contribution in [-0.2, 0) is 31.0 Å². The minimum absolute atomic E-state index is 0.0900. The van der Waals surface area contributed by atoms with Crippen molar-refractivity contribution in [3.8, 4) is 11.5 Å². The number of rotatable bonds is 5. The number of amides is 4. The highest BCUT2D eigenvalue weighted by molar-refractivity contribution is 6.22. The summed E-state index contributed by atoms with van der Waals surface area (Å²) in [5.41, 5.74) is 6.96. The van der Waals surface area contributed by atoms with Crippen LogP contribution >= 0.6 is 0 Å². The number of anilines is 2. The van der Waals surface area contributed by atoms with Crippen LogP contribution in [0.1, 0.15) is 29.5 Å². The smallest absolute Gasteiger partial charge is 0.260 e. The number of benzene rings is 4. The standard InChI is InChI=1S/C42H35N3O6/c1-24-12-14-28(15-13-24)43-45-39(48)34-22-33-31(17-18-32-36(33)40(49)44(38(32)47)29-10-6-3-7-11-29)37(42(34,41(45)50)27-8-4-2-5-9-27)26-20-25-21-30(46)16-19-35(25)51-23-26/h2-17,19,21,23,32-34,36-37,43,46H,18,20,22H2,1H3/t32-,33+,34-,36-,37-,42+/m0/s1. The van der Waals surface area contributed by atoms with Crippen molar-refractivity contribution < 1.29 is 29.0 Å². The Morgan fingerprint density at radius 1 is 0.824 bits per heavy atom. The van der Waals surface area contributed by atoms with Crippen molar-refractivity contribution in [2.24, 2.45) is 29.6 Å². The number of aromatic hydroxyl groups is 1. The molecule has 4 amide bonds. The first-order valence-corrected chi connectivity index (χ1v) is 17.3. The zero-order valence-corrected chi connectivity index (χ0v) is 27.9. The molecule has 3 aliphatic heterocycles. The number of fused-ring (bicyclic) bond motifs is 5. The maximum absolute atomic E-state index is 15.3. The van der Waals surface area contributed by atoms with Gasteiger partial charge in [0.1, 0.15) is 11.5 Å². The molecular weight excluding hydrogens is 642 g/mol. The van der Waals surface area contributed by atoms with Gasteiger partial charge in [-0.25, -0.2) is 0 Å². The first kappa shape index (κ1) is 31.1. The second kappa shape index (κ2) is 11.6.